The maximum absolute atomic E-state index is 13.4. The zero-order valence-corrected chi connectivity index (χ0v) is 11.5. The van der Waals surface area contributed by atoms with Gasteiger partial charge in [0, 0.05) is 9.80 Å². The minimum Gasteiger partial charge on any atom is -0.207 e. The lowest BCUT2D eigenvalue weighted by atomic mass is 9.88. The van der Waals surface area contributed by atoms with Gasteiger partial charge in [-0.05, 0) is 35.6 Å². The monoisotopic (exact) mass is 322 g/mol. The van der Waals surface area contributed by atoms with Crippen LogP contribution in [0.25, 0.3) is 0 Å². The lowest BCUT2D eigenvalue weighted by molar-refractivity contribution is 0.415. The fourth-order valence-electron chi connectivity index (χ4n) is 1.24. The van der Waals surface area contributed by atoms with Crippen LogP contribution in [-0.2, 0) is 6.42 Å². The third-order valence-corrected chi connectivity index (χ3v) is 4.05. The Morgan fingerprint density at radius 3 is 2.57 bits per heavy atom. The van der Waals surface area contributed by atoms with Crippen LogP contribution >= 0.6 is 31.9 Å². The van der Waals surface area contributed by atoms with E-state index in [2.05, 4.69) is 45.7 Å². The zero-order chi connectivity index (χ0) is 10.8. The minimum atomic E-state index is -0.123. The summed E-state index contributed by atoms with van der Waals surface area (Å²) in [7, 11) is 0. The van der Waals surface area contributed by atoms with E-state index in [1.807, 2.05) is 6.07 Å². The standard InChI is InChI=1S/C11H13Br2F/c1-11(2,7-12)6-8-5-9(13)3-4-10(8)14/h3-5H,6-7H2,1-2H3. The highest BCUT2D eigenvalue weighted by molar-refractivity contribution is 9.10. The van der Waals surface area contributed by atoms with E-state index in [1.165, 1.54) is 6.07 Å². The average molecular weight is 324 g/mol. The molecule has 0 aliphatic rings. The predicted octanol–water partition coefficient (Wildman–Crippen LogP) is 4.55. The van der Waals surface area contributed by atoms with Crippen molar-refractivity contribution in [3.8, 4) is 0 Å². The number of hydrogen-bond donors (Lipinski definition) is 0. The van der Waals surface area contributed by atoms with Gasteiger partial charge in [-0.25, -0.2) is 4.39 Å². The Kier molecular flexibility index (Phi) is 4.14. The second-order valence-electron chi connectivity index (χ2n) is 4.21. The molecule has 0 saturated heterocycles. The lowest BCUT2D eigenvalue weighted by Crippen LogP contribution is -2.17. The van der Waals surface area contributed by atoms with Crippen molar-refractivity contribution in [2.45, 2.75) is 20.3 Å². The number of hydrogen-bond acceptors (Lipinski definition) is 0. The molecule has 0 nitrogen and oxygen atoms in total. The van der Waals surface area contributed by atoms with E-state index >= 15 is 0 Å². The molecule has 0 unspecified atom stereocenters. The molecule has 1 rings (SSSR count). The van der Waals surface area contributed by atoms with Crippen molar-refractivity contribution < 1.29 is 4.39 Å². The fourth-order valence-corrected chi connectivity index (χ4v) is 1.85. The number of benzene rings is 1. The molecule has 0 aliphatic carbocycles. The first-order chi connectivity index (χ1) is 6.44. The van der Waals surface area contributed by atoms with E-state index in [0.29, 0.717) is 0 Å². The Hall–Kier alpha value is 0.110. The molecule has 0 saturated carbocycles. The first-order valence-corrected chi connectivity index (χ1v) is 6.36. The topological polar surface area (TPSA) is 0 Å². The van der Waals surface area contributed by atoms with Crippen LogP contribution in [0.5, 0.6) is 0 Å². The second-order valence-corrected chi connectivity index (χ2v) is 5.69. The Labute approximate surface area is 101 Å². The Morgan fingerprint density at radius 2 is 2.00 bits per heavy atom. The molecule has 0 aliphatic heterocycles. The van der Waals surface area contributed by atoms with E-state index in [9.17, 15) is 4.39 Å². The molecule has 0 spiro atoms. The molecule has 0 radical (unpaired) electrons. The molecule has 0 N–H and O–H groups in total. The molecular weight excluding hydrogens is 311 g/mol. The van der Waals surface area contributed by atoms with Crippen LogP contribution < -0.4 is 0 Å². The maximum atomic E-state index is 13.4. The molecule has 1 aromatic carbocycles. The predicted molar refractivity (Wildman–Crippen MR) is 65.4 cm³/mol. The molecule has 0 amide bonds. The van der Waals surface area contributed by atoms with Crippen molar-refractivity contribution in [2.24, 2.45) is 5.41 Å². The van der Waals surface area contributed by atoms with E-state index in [4.69, 9.17) is 0 Å². The molecular formula is C11H13Br2F. The number of halogens is 3. The van der Waals surface area contributed by atoms with Gasteiger partial charge in [0.15, 0.2) is 0 Å². The summed E-state index contributed by atoms with van der Waals surface area (Å²) < 4.78 is 14.3. The summed E-state index contributed by atoms with van der Waals surface area (Å²) in [6, 6.07) is 5.07. The zero-order valence-electron chi connectivity index (χ0n) is 8.28. The smallest absolute Gasteiger partial charge is 0.126 e. The van der Waals surface area contributed by atoms with Gasteiger partial charge in [-0.15, -0.1) is 0 Å². The van der Waals surface area contributed by atoms with Gasteiger partial charge < -0.3 is 0 Å². The van der Waals surface area contributed by atoms with E-state index in [0.717, 1.165) is 21.8 Å². The Balaban J connectivity index is 2.91. The lowest BCUT2D eigenvalue weighted by Gasteiger charge is -2.21. The van der Waals surface area contributed by atoms with Crippen molar-refractivity contribution in [2.75, 3.05) is 5.33 Å². The Bertz CT molecular complexity index is 321. The Morgan fingerprint density at radius 1 is 1.36 bits per heavy atom. The first kappa shape index (κ1) is 12.2. The summed E-state index contributed by atoms with van der Waals surface area (Å²) in [5.41, 5.74) is 0.852. The van der Waals surface area contributed by atoms with Crippen LogP contribution in [0, 0.1) is 11.2 Å². The fraction of sp³-hybridized carbons (Fsp3) is 0.455. The van der Waals surface area contributed by atoms with Crippen molar-refractivity contribution in [3.63, 3.8) is 0 Å². The molecule has 1 aromatic rings. The van der Waals surface area contributed by atoms with Gasteiger partial charge in [0.05, 0.1) is 0 Å². The third-order valence-electron chi connectivity index (χ3n) is 2.04. The first-order valence-electron chi connectivity index (χ1n) is 4.44. The summed E-state index contributed by atoms with van der Waals surface area (Å²) >= 11 is 6.78. The van der Waals surface area contributed by atoms with Crippen LogP contribution in [0.15, 0.2) is 22.7 Å². The van der Waals surface area contributed by atoms with Gasteiger partial charge in [0.2, 0.25) is 0 Å². The van der Waals surface area contributed by atoms with Gasteiger partial charge in [-0.2, -0.15) is 0 Å². The molecule has 0 heterocycles. The van der Waals surface area contributed by atoms with Crippen LogP contribution in [0.3, 0.4) is 0 Å². The van der Waals surface area contributed by atoms with E-state index < -0.39 is 0 Å². The molecule has 14 heavy (non-hydrogen) atoms. The van der Waals surface area contributed by atoms with Gasteiger partial charge in [0.1, 0.15) is 5.82 Å². The maximum Gasteiger partial charge on any atom is 0.126 e. The normalized spacial score (nSPS) is 11.8. The highest BCUT2D eigenvalue weighted by Gasteiger charge is 2.18. The quantitative estimate of drug-likeness (QED) is 0.716. The summed E-state index contributed by atoms with van der Waals surface area (Å²) in [6.45, 7) is 4.23. The van der Waals surface area contributed by atoms with Crippen molar-refractivity contribution in [3.05, 3.63) is 34.1 Å². The van der Waals surface area contributed by atoms with Gasteiger partial charge in [-0.3, -0.25) is 0 Å². The van der Waals surface area contributed by atoms with Crippen LogP contribution in [0.4, 0.5) is 4.39 Å². The highest BCUT2D eigenvalue weighted by atomic mass is 79.9. The SMILES string of the molecule is CC(C)(CBr)Cc1cc(Br)ccc1F. The van der Waals surface area contributed by atoms with Crippen molar-refractivity contribution >= 4 is 31.9 Å². The molecule has 0 aromatic heterocycles. The van der Waals surface area contributed by atoms with E-state index in [1.54, 1.807) is 6.07 Å². The summed E-state index contributed by atoms with van der Waals surface area (Å²) in [5.74, 6) is -0.123. The summed E-state index contributed by atoms with van der Waals surface area (Å²) in [6.07, 6.45) is 0.740. The molecule has 0 bridgehead atoms. The number of rotatable bonds is 3. The molecule has 0 atom stereocenters. The van der Waals surface area contributed by atoms with E-state index in [-0.39, 0.29) is 11.2 Å². The molecule has 78 valence electrons. The van der Waals surface area contributed by atoms with Gasteiger partial charge in [0.25, 0.3) is 0 Å². The highest BCUT2D eigenvalue weighted by Crippen LogP contribution is 2.27. The number of alkyl halides is 1. The van der Waals surface area contributed by atoms with Crippen molar-refractivity contribution in [1.82, 2.24) is 0 Å². The van der Waals surface area contributed by atoms with Gasteiger partial charge in [-0.1, -0.05) is 45.7 Å². The van der Waals surface area contributed by atoms with Crippen molar-refractivity contribution in [1.29, 1.82) is 0 Å². The van der Waals surface area contributed by atoms with Gasteiger partial charge >= 0.3 is 0 Å². The minimum absolute atomic E-state index is 0.0850. The average Bonchev–Trinajstić information content (AvgIpc) is 2.11. The summed E-state index contributed by atoms with van der Waals surface area (Å²) in [5, 5.41) is 0.867. The second kappa shape index (κ2) is 4.75. The molecule has 0 fully saturated rings. The molecule has 3 heteroatoms. The third kappa shape index (κ3) is 3.35. The summed E-state index contributed by atoms with van der Waals surface area (Å²) in [4.78, 5) is 0. The van der Waals surface area contributed by atoms with Crippen LogP contribution in [0.1, 0.15) is 19.4 Å². The van der Waals surface area contributed by atoms with Crippen LogP contribution in [-0.4, -0.2) is 5.33 Å². The largest absolute Gasteiger partial charge is 0.207 e. The van der Waals surface area contributed by atoms with Crippen LogP contribution in [0.2, 0.25) is 0 Å².